The molecule has 0 N–H and O–H groups in total. The maximum Gasteiger partial charge on any atom is 1.00 e. The molecule has 1 heterocycles. The summed E-state index contributed by atoms with van der Waals surface area (Å²) in [6.45, 7) is 2.09. The second-order valence-corrected chi connectivity index (χ2v) is 7.20. The second kappa shape index (κ2) is 8.77. The Labute approximate surface area is 166 Å². The molecule has 116 valence electrons. The summed E-state index contributed by atoms with van der Waals surface area (Å²) in [4.78, 5) is 2.20. The molecule has 1 fully saturated rings. The zero-order valence-corrected chi connectivity index (χ0v) is 16.6. The van der Waals surface area contributed by atoms with Crippen molar-refractivity contribution >= 4 is 22.7 Å². The van der Waals surface area contributed by atoms with E-state index < -0.39 is 11.1 Å². The molecule has 23 heavy (non-hydrogen) atoms. The van der Waals surface area contributed by atoms with Gasteiger partial charge in [0, 0.05) is 35.8 Å². The Balaban J connectivity index is 0.00000192. The van der Waals surface area contributed by atoms with Crippen LogP contribution >= 0.6 is 11.6 Å². The van der Waals surface area contributed by atoms with Crippen molar-refractivity contribution in [3.05, 3.63) is 70.7 Å². The molecule has 2 aromatic carbocycles. The van der Waals surface area contributed by atoms with Crippen molar-refractivity contribution in [1.29, 1.82) is 0 Å². The normalized spacial score (nSPS) is 22.5. The Morgan fingerprint density at radius 3 is 2.35 bits per heavy atom. The molecular formula is C17H17ClNNaO2S. The summed E-state index contributed by atoms with van der Waals surface area (Å²) in [7, 11) is 0. The fourth-order valence-corrected chi connectivity index (χ4v) is 4.02. The number of benzene rings is 2. The van der Waals surface area contributed by atoms with Crippen molar-refractivity contribution in [2.24, 2.45) is 0 Å². The van der Waals surface area contributed by atoms with E-state index in [2.05, 4.69) is 17.0 Å². The van der Waals surface area contributed by atoms with Crippen LogP contribution in [0, 0.1) is 0 Å². The van der Waals surface area contributed by atoms with Crippen LogP contribution in [0.5, 0.6) is 0 Å². The van der Waals surface area contributed by atoms with E-state index in [-0.39, 0.29) is 40.7 Å². The Bertz CT molecular complexity index is 653. The molecule has 1 saturated heterocycles. The van der Waals surface area contributed by atoms with Crippen molar-refractivity contribution < 1.29 is 38.3 Å². The van der Waals surface area contributed by atoms with Crippen LogP contribution in [-0.4, -0.2) is 32.0 Å². The van der Waals surface area contributed by atoms with Crippen LogP contribution in [0.4, 0.5) is 0 Å². The monoisotopic (exact) mass is 357 g/mol. The van der Waals surface area contributed by atoms with Crippen LogP contribution in [0.1, 0.15) is 17.0 Å². The molecule has 0 saturated carbocycles. The first-order valence-electron chi connectivity index (χ1n) is 7.23. The van der Waals surface area contributed by atoms with Gasteiger partial charge < -0.3 is 4.55 Å². The maximum atomic E-state index is 11.6. The Morgan fingerprint density at radius 2 is 1.74 bits per heavy atom. The summed E-state index contributed by atoms with van der Waals surface area (Å²) in [5.74, 6) is -0.000637. The van der Waals surface area contributed by atoms with Gasteiger partial charge >= 0.3 is 29.6 Å². The number of likely N-dealkylation sites (tertiary alicyclic amines) is 1. The Morgan fingerprint density at radius 1 is 1.09 bits per heavy atom. The minimum atomic E-state index is -2.08. The Hall–Kier alpha value is -0.200. The third-order valence-corrected chi connectivity index (χ3v) is 5.36. The SMILES string of the molecule is O=S([O-])[C@@H]1CN(Cc2ccccc2)C[C@H]1c1ccc(Cl)cc1.[Na+]. The van der Waals surface area contributed by atoms with E-state index in [4.69, 9.17) is 11.6 Å². The summed E-state index contributed by atoms with van der Waals surface area (Å²) in [5.41, 5.74) is 2.24. The first-order chi connectivity index (χ1) is 10.6. The first-order valence-corrected chi connectivity index (χ1v) is 8.75. The van der Waals surface area contributed by atoms with Crippen LogP contribution in [0.15, 0.2) is 54.6 Å². The molecule has 3 nitrogen and oxygen atoms in total. The van der Waals surface area contributed by atoms with E-state index in [0.29, 0.717) is 11.6 Å². The van der Waals surface area contributed by atoms with Gasteiger partial charge in [-0.1, -0.05) is 65.1 Å². The molecule has 0 amide bonds. The number of hydrogen-bond donors (Lipinski definition) is 0. The molecule has 0 bridgehead atoms. The third-order valence-electron chi connectivity index (χ3n) is 4.14. The Kier molecular flexibility index (Phi) is 7.29. The van der Waals surface area contributed by atoms with Gasteiger partial charge in [0.2, 0.25) is 0 Å². The van der Waals surface area contributed by atoms with Crippen molar-refractivity contribution in [2.75, 3.05) is 13.1 Å². The predicted octanol–water partition coefficient (Wildman–Crippen LogP) is 0.191. The molecule has 0 spiro atoms. The van der Waals surface area contributed by atoms with E-state index in [1.165, 1.54) is 5.56 Å². The molecule has 1 aliphatic rings. The largest absolute Gasteiger partial charge is 1.00 e. The zero-order valence-electron chi connectivity index (χ0n) is 13.0. The van der Waals surface area contributed by atoms with Crippen molar-refractivity contribution in [2.45, 2.75) is 17.7 Å². The van der Waals surface area contributed by atoms with Crippen LogP contribution in [-0.2, 0) is 17.6 Å². The van der Waals surface area contributed by atoms with Crippen molar-refractivity contribution in [1.82, 2.24) is 4.90 Å². The van der Waals surface area contributed by atoms with E-state index in [1.54, 1.807) is 0 Å². The molecule has 0 aliphatic carbocycles. The predicted molar refractivity (Wildman–Crippen MR) is 88.6 cm³/mol. The minimum Gasteiger partial charge on any atom is -0.772 e. The number of halogens is 1. The van der Waals surface area contributed by atoms with Crippen molar-refractivity contribution in [3.8, 4) is 0 Å². The molecule has 1 unspecified atom stereocenters. The summed E-state index contributed by atoms with van der Waals surface area (Å²) in [5, 5.41) is 0.299. The van der Waals surface area contributed by atoms with Crippen LogP contribution < -0.4 is 29.6 Å². The van der Waals surface area contributed by atoms with Gasteiger partial charge in [-0.05, 0) is 23.3 Å². The number of hydrogen-bond acceptors (Lipinski definition) is 3. The maximum absolute atomic E-state index is 11.6. The summed E-state index contributed by atoms with van der Waals surface area (Å²) >= 11 is 3.84. The molecule has 3 rings (SSSR count). The van der Waals surface area contributed by atoms with Crippen LogP contribution in [0.3, 0.4) is 0 Å². The van der Waals surface area contributed by atoms with Gasteiger partial charge in [-0.2, -0.15) is 0 Å². The molecule has 3 atom stereocenters. The van der Waals surface area contributed by atoms with Gasteiger partial charge in [0.25, 0.3) is 0 Å². The van der Waals surface area contributed by atoms with E-state index in [0.717, 1.165) is 18.7 Å². The molecule has 0 aromatic heterocycles. The minimum absolute atomic E-state index is 0. The van der Waals surface area contributed by atoms with Gasteiger partial charge in [0.1, 0.15) is 0 Å². The zero-order chi connectivity index (χ0) is 15.5. The summed E-state index contributed by atoms with van der Waals surface area (Å²) < 4.78 is 23.2. The van der Waals surface area contributed by atoms with Gasteiger partial charge in [-0.25, -0.2) is 0 Å². The molecule has 1 aliphatic heterocycles. The van der Waals surface area contributed by atoms with E-state index in [1.807, 2.05) is 42.5 Å². The number of rotatable bonds is 4. The molecule has 2 aromatic rings. The van der Waals surface area contributed by atoms with Gasteiger partial charge in [-0.15, -0.1) is 0 Å². The third kappa shape index (κ3) is 4.89. The van der Waals surface area contributed by atoms with E-state index in [9.17, 15) is 8.76 Å². The van der Waals surface area contributed by atoms with Crippen LogP contribution in [0.25, 0.3) is 0 Å². The van der Waals surface area contributed by atoms with Crippen molar-refractivity contribution in [3.63, 3.8) is 0 Å². The van der Waals surface area contributed by atoms with Gasteiger partial charge in [0.05, 0.1) is 0 Å². The average molecular weight is 358 g/mol. The van der Waals surface area contributed by atoms with Gasteiger partial charge in [0.15, 0.2) is 0 Å². The number of nitrogens with zero attached hydrogens (tertiary/aromatic N) is 1. The quantitative estimate of drug-likeness (QED) is 0.579. The molecule has 0 radical (unpaired) electrons. The standard InChI is InChI=1S/C17H18ClNO2S.Na/c18-15-8-6-14(7-9-15)16-11-19(12-17(16)22(20)21)10-13-4-2-1-3-5-13;/h1-9,16-17H,10-12H2,(H,20,21);/q;+1/p-1/t16-,17+;/m0./s1. The van der Waals surface area contributed by atoms with E-state index >= 15 is 0 Å². The van der Waals surface area contributed by atoms with Gasteiger partial charge in [-0.3, -0.25) is 9.11 Å². The fraction of sp³-hybridized carbons (Fsp3) is 0.294. The average Bonchev–Trinajstić information content (AvgIpc) is 2.93. The smallest absolute Gasteiger partial charge is 0.772 e. The van der Waals surface area contributed by atoms with Crippen LogP contribution in [0.2, 0.25) is 5.02 Å². The molecular weight excluding hydrogens is 341 g/mol. The molecule has 6 heteroatoms. The first kappa shape index (κ1) is 19.1. The summed E-state index contributed by atoms with van der Waals surface area (Å²) in [6, 6.07) is 17.6. The summed E-state index contributed by atoms with van der Waals surface area (Å²) in [6.07, 6.45) is 0. The fourth-order valence-electron chi connectivity index (χ4n) is 3.05. The second-order valence-electron chi connectivity index (χ2n) is 5.64. The topological polar surface area (TPSA) is 43.4 Å².